The summed E-state index contributed by atoms with van der Waals surface area (Å²) in [4.78, 5) is 18.0. The minimum absolute atomic E-state index is 0.109. The lowest BCUT2D eigenvalue weighted by Crippen LogP contribution is -2.07. The summed E-state index contributed by atoms with van der Waals surface area (Å²) in [5, 5.41) is 13.9. The van der Waals surface area contributed by atoms with Gasteiger partial charge in [-0.2, -0.15) is 0 Å². The number of hydrogen-bond donors (Lipinski definition) is 0. The van der Waals surface area contributed by atoms with Crippen molar-refractivity contribution in [2.45, 2.75) is 20.5 Å². The molecule has 0 aromatic carbocycles. The Kier molecular flexibility index (Phi) is 3.77. The molecule has 8 nitrogen and oxygen atoms in total. The topological polar surface area (TPSA) is 104 Å². The fourth-order valence-electron chi connectivity index (χ4n) is 2.41. The molecular weight excluding hydrogens is 344 g/mol. The van der Waals surface area contributed by atoms with Crippen molar-refractivity contribution in [2.24, 2.45) is 0 Å². The maximum atomic E-state index is 12.6. The standard InChI is InChI=1S/C16H12N4O4S/c1-8-14-10(16(21)22-7-13-19-18-9(2)23-13)6-11(12-4-3-5-25-12)17-15(14)24-20-8/h3-6H,7H2,1-2H3. The van der Waals surface area contributed by atoms with Gasteiger partial charge in [-0.1, -0.05) is 11.2 Å². The number of fused-ring (bicyclic) bond motifs is 1. The second-order valence-electron chi connectivity index (χ2n) is 5.27. The molecule has 0 N–H and O–H groups in total. The number of ether oxygens (including phenoxy) is 1. The number of thiophene rings is 1. The minimum atomic E-state index is -0.535. The Balaban J connectivity index is 1.71. The Morgan fingerprint density at radius 3 is 2.92 bits per heavy atom. The molecule has 4 aromatic heterocycles. The Morgan fingerprint density at radius 2 is 2.20 bits per heavy atom. The lowest BCUT2D eigenvalue weighted by molar-refractivity contribution is 0.0439. The molecule has 4 heterocycles. The zero-order valence-corrected chi connectivity index (χ0v) is 14.2. The highest BCUT2D eigenvalue weighted by Crippen LogP contribution is 2.29. The van der Waals surface area contributed by atoms with Crippen molar-refractivity contribution < 1.29 is 18.5 Å². The summed E-state index contributed by atoms with van der Waals surface area (Å²) in [6.45, 7) is 3.30. The van der Waals surface area contributed by atoms with E-state index >= 15 is 0 Å². The number of aromatic nitrogens is 4. The lowest BCUT2D eigenvalue weighted by atomic mass is 10.1. The first-order chi connectivity index (χ1) is 12.1. The Hall–Kier alpha value is -3.07. The predicted octanol–water partition coefficient (Wildman–Crippen LogP) is 3.31. The smallest absolute Gasteiger partial charge is 0.339 e. The molecule has 0 amide bonds. The van der Waals surface area contributed by atoms with Crippen molar-refractivity contribution >= 4 is 28.4 Å². The molecule has 0 radical (unpaired) electrons. The van der Waals surface area contributed by atoms with Crippen LogP contribution in [0.3, 0.4) is 0 Å². The monoisotopic (exact) mass is 356 g/mol. The number of nitrogens with zero attached hydrogens (tertiary/aromatic N) is 4. The first-order valence-electron chi connectivity index (χ1n) is 7.39. The van der Waals surface area contributed by atoms with Gasteiger partial charge in [0, 0.05) is 6.92 Å². The van der Waals surface area contributed by atoms with E-state index in [0.29, 0.717) is 33.9 Å². The molecule has 25 heavy (non-hydrogen) atoms. The van der Waals surface area contributed by atoms with Gasteiger partial charge in [0.05, 0.1) is 27.2 Å². The van der Waals surface area contributed by atoms with E-state index in [1.165, 1.54) is 11.3 Å². The van der Waals surface area contributed by atoms with Gasteiger partial charge < -0.3 is 13.7 Å². The van der Waals surface area contributed by atoms with Crippen molar-refractivity contribution in [2.75, 3.05) is 0 Å². The molecule has 0 saturated carbocycles. The predicted molar refractivity (Wildman–Crippen MR) is 88.0 cm³/mol. The van der Waals surface area contributed by atoms with Crippen molar-refractivity contribution in [3.8, 4) is 10.6 Å². The summed E-state index contributed by atoms with van der Waals surface area (Å²) in [5.74, 6) is 0.108. The minimum Gasteiger partial charge on any atom is -0.452 e. The Morgan fingerprint density at radius 1 is 1.32 bits per heavy atom. The van der Waals surface area contributed by atoms with Crippen LogP contribution >= 0.6 is 11.3 Å². The average Bonchev–Trinajstić information content (AvgIpc) is 3.34. The van der Waals surface area contributed by atoms with Crippen molar-refractivity contribution in [1.29, 1.82) is 0 Å². The first kappa shape index (κ1) is 15.5. The molecule has 9 heteroatoms. The average molecular weight is 356 g/mol. The van der Waals surface area contributed by atoms with E-state index in [9.17, 15) is 4.79 Å². The normalized spacial score (nSPS) is 11.1. The third-order valence-corrected chi connectivity index (χ3v) is 4.40. The van der Waals surface area contributed by atoms with Crippen LogP contribution in [0, 0.1) is 13.8 Å². The molecule has 0 atom stereocenters. The van der Waals surface area contributed by atoms with Gasteiger partial charge in [-0.3, -0.25) is 0 Å². The van der Waals surface area contributed by atoms with Gasteiger partial charge in [-0.25, -0.2) is 9.78 Å². The molecule has 0 unspecified atom stereocenters. The molecule has 0 bridgehead atoms. The summed E-state index contributed by atoms with van der Waals surface area (Å²) in [6, 6.07) is 5.51. The summed E-state index contributed by atoms with van der Waals surface area (Å²) >= 11 is 1.51. The first-order valence-corrected chi connectivity index (χ1v) is 8.27. The zero-order valence-electron chi connectivity index (χ0n) is 13.3. The summed E-state index contributed by atoms with van der Waals surface area (Å²) < 4.78 is 15.8. The number of carbonyl (C=O) groups is 1. The van der Waals surface area contributed by atoms with Gasteiger partial charge >= 0.3 is 5.97 Å². The molecule has 0 aliphatic heterocycles. The van der Waals surface area contributed by atoms with Crippen LogP contribution in [0.5, 0.6) is 0 Å². The van der Waals surface area contributed by atoms with E-state index in [2.05, 4.69) is 20.3 Å². The van der Waals surface area contributed by atoms with E-state index in [1.807, 2.05) is 17.5 Å². The third kappa shape index (κ3) is 2.89. The Labute approximate surface area is 145 Å². The van der Waals surface area contributed by atoms with Crippen LogP contribution in [0.25, 0.3) is 21.7 Å². The van der Waals surface area contributed by atoms with Crippen LogP contribution in [0.4, 0.5) is 0 Å². The second kappa shape index (κ2) is 6.10. The van der Waals surface area contributed by atoms with Crippen molar-refractivity contribution in [3.05, 3.63) is 46.6 Å². The van der Waals surface area contributed by atoms with Crippen molar-refractivity contribution in [3.63, 3.8) is 0 Å². The number of rotatable bonds is 4. The van der Waals surface area contributed by atoms with Crippen molar-refractivity contribution in [1.82, 2.24) is 20.3 Å². The van der Waals surface area contributed by atoms with Crippen LogP contribution in [-0.4, -0.2) is 26.3 Å². The van der Waals surface area contributed by atoms with Gasteiger partial charge in [-0.15, -0.1) is 21.5 Å². The molecule has 0 aliphatic rings. The third-order valence-electron chi connectivity index (χ3n) is 3.51. The van der Waals surface area contributed by atoms with Gasteiger partial charge in [-0.05, 0) is 24.4 Å². The Bertz CT molecular complexity index is 1050. The van der Waals surface area contributed by atoms with Gasteiger partial charge in [0.25, 0.3) is 11.6 Å². The molecule has 0 fully saturated rings. The quantitative estimate of drug-likeness (QED) is 0.513. The van der Waals surface area contributed by atoms with E-state index in [1.54, 1.807) is 19.9 Å². The van der Waals surface area contributed by atoms with Crippen LogP contribution < -0.4 is 0 Å². The molecule has 4 aromatic rings. The summed E-state index contributed by atoms with van der Waals surface area (Å²) in [6.07, 6.45) is 0. The van der Waals surface area contributed by atoms with E-state index in [0.717, 1.165) is 4.88 Å². The molecule has 4 rings (SSSR count). The molecule has 0 aliphatic carbocycles. The van der Waals surface area contributed by atoms with Crippen LogP contribution in [0.2, 0.25) is 0 Å². The number of hydrogen-bond acceptors (Lipinski definition) is 9. The molecule has 126 valence electrons. The van der Waals surface area contributed by atoms with Gasteiger partial charge in [0.2, 0.25) is 5.89 Å². The fourth-order valence-corrected chi connectivity index (χ4v) is 3.09. The van der Waals surface area contributed by atoms with Crippen LogP contribution in [-0.2, 0) is 11.3 Å². The number of pyridine rings is 1. The van der Waals surface area contributed by atoms with Gasteiger partial charge in [0.15, 0.2) is 6.61 Å². The molecule has 0 saturated heterocycles. The lowest BCUT2D eigenvalue weighted by Gasteiger charge is -2.05. The largest absolute Gasteiger partial charge is 0.452 e. The number of aryl methyl sites for hydroxylation is 2. The second-order valence-corrected chi connectivity index (χ2v) is 6.22. The van der Waals surface area contributed by atoms with E-state index in [4.69, 9.17) is 13.7 Å². The maximum absolute atomic E-state index is 12.6. The SMILES string of the molecule is Cc1nnc(COC(=O)c2cc(-c3cccs3)nc3onc(C)c23)o1. The molecule has 0 spiro atoms. The molecular formula is C16H12N4O4S. The summed E-state index contributed by atoms with van der Waals surface area (Å²) in [7, 11) is 0. The highest BCUT2D eigenvalue weighted by molar-refractivity contribution is 7.13. The van der Waals surface area contributed by atoms with E-state index < -0.39 is 5.97 Å². The summed E-state index contributed by atoms with van der Waals surface area (Å²) in [5.41, 5.74) is 1.83. The van der Waals surface area contributed by atoms with Crippen LogP contribution in [0.15, 0.2) is 32.5 Å². The van der Waals surface area contributed by atoms with Gasteiger partial charge in [0.1, 0.15) is 0 Å². The fraction of sp³-hybridized carbons (Fsp3) is 0.188. The zero-order chi connectivity index (χ0) is 17.4. The number of esters is 1. The van der Waals surface area contributed by atoms with Crippen LogP contribution in [0.1, 0.15) is 27.8 Å². The maximum Gasteiger partial charge on any atom is 0.339 e. The number of carbonyl (C=O) groups excluding carboxylic acids is 1. The highest BCUT2D eigenvalue weighted by atomic mass is 32.1. The van der Waals surface area contributed by atoms with E-state index in [-0.39, 0.29) is 12.5 Å². The highest BCUT2D eigenvalue weighted by Gasteiger charge is 2.21.